The SMILES string of the molecule is CC(=O)c1sc(N(C(=O)c2cc(COc3ccc4c(c3)CCC4)cs2)C2CC2)nc1C. The summed E-state index contributed by atoms with van der Waals surface area (Å²) >= 11 is 2.75. The third-order valence-corrected chi connectivity index (χ3v) is 8.01. The van der Waals surface area contributed by atoms with Crippen molar-refractivity contribution in [3.63, 3.8) is 0 Å². The Morgan fingerprint density at radius 1 is 1.19 bits per heavy atom. The Balaban J connectivity index is 1.30. The standard InChI is InChI=1S/C24H24N2O3S2/c1-14-22(15(2)27)31-24(25-14)26(19-7-8-19)23(28)21-10-16(13-30-21)12-29-20-9-6-17-4-3-5-18(17)11-20/h6,9-11,13,19H,3-5,7-8,12H2,1-2H3. The number of carbonyl (C=O) groups excluding carboxylic acids is 2. The summed E-state index contributed by atoms with van der Waals surface area (Å²) in [6, 6.07) is 8.44. The fourth-order valence-electron chi connectivity index (χ4n) is 4.04. The number of Topliss-reactive ketones (excluding diaryl/α,β-unsaturated/α-hetero) is 1. The van der Waals surface area contributed by atoms with Crippen LogP contribution < -0.4 is 9.64 Å². The Bertz CT molecular complexity index is 1160. The summed E-state index contributed by atoms with van der Waals surface area (Å²) in [6.07, 6.45) is 5.45. The molecule has 7 heteroatoms. The van der Waals surface area contributed by atoms with Crippen molar-refractivity contribution < 1.29 is 14.3 Å². The molecule has 5 rings (SSSR count). The zero-order valence-electron chi connectivity index (χ0n) is 17.6. The molecule has 0 atom stereocenters. The molecule has 2 aliphatic rings. The molecule has 0 bridgehead atoms. The van der Waals surface area contributed by atoms with Crippen molar-refractivity contribution in [1.82, 2.24) is 4.98 Å². The molecule has 1 aromatic carbocycles. The molecule has 1 fully saturated rings. The lowest BCUT2D eigenvalue weighted by molar-refractivity contribution is 0.0986. The summed E-state index contributed by atoms with van der Waals surface area (Å²) in [4.78, 5) is 32.8. The number of fused-ring (bicyclic) bond motifs is 1. The molecule has 2 aliphatic carbocycles. The molecule has 0 radical (unpaired) electrons. The maximum atomic E-state index is 13.3. The molecule has 0 aliphatic heterocycles. The Morgan fingerprint density at radius 2 is 2.00 bits per heavy atom. The highest BCUT2D eigenvalue weighted by molar-refractivity contribution is 7.18. The lowest BCUT2D eigenvalue weighted by Gasteiger charge is -2.18. The number of thiazole rings is 1. The Morgan fingerprint density at radius 3 is 2.74 bits per heavy atom. The van der Waals surface area contributed by atoms with Gasteiger partial charge in [-0.15, -0.1) is 11.3 Å². The van der Waals surface area contributed by atoms with Gasteiger partial charge in [-0.25, -0.2) is 4.98 Å². The molecule has 31 heavy (non-hydrogen) atoms. The number of aromatic nitrogens is 1. The molecule has 1 amide bonds. The molecule has 0 unspecified atom stereocenters. The zero-order valence-corrected chi connectivity index (χ0v) is 19.3. The van der Waals surface area contributed by atoms with Crippen LogP contribution in [0.4, 0.5) is 5.13 Å². The summed E-state index contributed by atoms with van der Waals surface area (Å²) in [7, 11) is 0. The van der Waals surface area contributed by atoms with Crippen LogP contribution in [0.1, 0.15) is 67.9 Å². The number of hydrogen-bond acceptors (Lipinski definition) is 6. The van der Waals surface area contributed by atoms with E-state index in [4.69, 9.17) is 4.74 Å². The molecule has 5 nitrogen and oxygen atoms in total. The molecule has 2 heterocycles. The fourth-order valence-corrected chi connectivity index (χ4v) is 5.91. The third-order valence-electron chi connectivity index (χ3n) is 5.78. The van der Waals surface area contributed by atoms with Crippen LogP contribution in [-0.2, 0) is 19.4 Å². The minimum atomic E-state index is -0.0415. The number of aryl methyl sites for hydroxylation is 3. The Labute approximate surface area is 189 Å². The van der Waals surface area contributed by atoms with E-state index in [-0.39, 0.29) is 17.7 Å². The number of rotatable bonds is 7. The second-order valence-electron chi connectivity index (χ2n) is 8.27. The van der Waals surface area contributed by atoms with E-state index in [0.29, 0.717) is 27.2 Å². The van der Waals surface area contributed by atoms with Crippen molar-refractivity contribution in [2.45, 2.75) is 58.6 Å². The number of ketones is 1. The van der Waals surface area contributed by atoms with Crippen molar-refractivity contribution in [2.24, 2.45) is 0 Å². The number of nitrogens with zero attached hydrogens (tertiary/aromatic N) is 2. The summed E-state index contributed by atoms with van der Waals surface area (Å²) < 4.78 is 5.99. The summed E-state index contributed by atoms with van der Waals surface area (Å²) in [5, 5.41) is 2.61. The van der Waals surface area contributed by atoms with Gasteiger partial charge in [0.05, 0.1) is 15.4 Å². The average Bonchev–Trinajstić information content (AvgIpc) is 3.15. The maximum Gasteiger partial charge on any atom is 0.270 e. The lowest BCUT2D eigenvalue weighted by atomic mass is 10.1. The number of thiophene rings is 1. The average molecular weight is 453 g/mol. The number of carbonyl (C=O) groups is 2. The van der Waals surface area contributed by atoms with Gasteiger partial charge in [0.15, 0.2) is 10.9 Å². The van der Waals surface area contributed by atoms with E-state index in [1.165, 1.54) is 40.2 Å². The molecule has 3 aromatic rings. The molecular formula is C24H24N2O3S2. The van der Waals surface area contributed by atoms with E-state index in [2.05, 4.69) is 17.1 Å². The van der Waals surface area contributed by atoms with Gasteiger partial charge in [-0.2, -0.15) is 0 Å². The zero-order chi connectivity index (χ0) is 21.5. The fraction of sp³-hybridized carbons (Fsp3) is 0.375. The molecular weight excluding hydrogens is 428 g/mol. The highest BCUT2D eigenvalue weighted by Gasteiger charge is 2.37. The summed E-state index contributed by atoms with van der Waals surface area (Å²) in [6.45, 7) is 3.81. The molecule has 2 aromatic heterocycles. The van der Waals surface area contributed by atoms with Crippen LogP contribution in [0.5, 0.6) is 5.75 Å². The van der Waals surface area contributed by atoms with Gasteiger partial charge in [-0.1, -0.05) is 17.4 Å². The number of ether oxygens (including phenoxy) is 1. The number of hydrogen-bond donors (Lipinski definition) is 0. The van der Waals surface area contributed by atoms with Crippen molar-refractivity contribution in [3.05, 3.63) is 61.8 Å². The van der Waals surface area contributed by atoms with Gasteiger partial charge in [-0.05, 0) is 73.7 Å². The van der Waals surface area contributed by atoms with E-state index < -0.39 is 0 Å². The lowest BCUT2D eigenvalue weighted by Crippen LogP contribution is -2.32. The first-order valence-electron chi connectivity index (χ1n) is 10.6. The van der Waals surface area contributed by atoms with E-state index in [1.807, 2.05) is 24.4 Å². The van der Waals surface area contributed by atoms with E-state index in [0.717, 1.165) is 37.0 Å². The van der Waals surface area contributed by atoms with Gasteiger partial charge in [-0.3, -0.25) is 14.5 Å². The predicted molar refractivity (Wildman–Crippen MR) is 124 cm³/mol. The quantitative estimate of drug-likeness (QED) is 0.438. The molecule has 0 saturated heterocycles. The molecule has 1 saturated carbocycles. The maximum absolute atomic E-state index is 13.3. The largest absolute Gasteiger partial charge is 0.489 e. The normalized spacial score (nSPS) is 15.0. The monoisotopic (exact) mass is 452 g/mol. The highest BCUT2D eigenvalue weighted by Crippen LogP contribution is 2.37. The van der Waals surface area contributed by atoms with Gasteiger partial charge >= 0.3 is 0 Å². The van der Waals surface area contributed by atoms with Crippen molar-refractivity contribution in [1.29, 1.82) is 0 Å². The van der Waals surface area contributed by atoms with E-state index in [1.54, 1.807) is 11.8 Å². The smallest absolute Gasteiger partial charge is 0.270 e. The van der Waals surface area contributed by atoms with Crippen molar-refractivity contribution in [2.75, 3.05) is 4.90 Å². The van der Waals surface area contributed by atoms with Crippen LogP contribution in [0.3, 0.4) is 0 Å². The topological polar surface area (TPSA) is 59.5 Å². The van der Waals surface area contributed by atoms with Crippen LogP contribution in [0.15, 0.2) is 29.6 Å². The number of anilines is 1. The second-order valence-corrected chi connectivity index (χ2v) is 10.2. The Hall–Kier alpha value is -2.51. The predicted octanol–water partition coefficient (Wildman–Crippen LogP) is 5.59. The minimum Gasteiger partial charge on any atom is -0.489 e. The van der Waals surface area contributed by atoms with Crippen LogP contribution in [-0.4, -0.2) is 22.7 Å². The van der Waals surface area contributed by atoms with Crippen LogP contribution in [0.2, 0.25) is 0 Å². The highest BCUT2D eigenvalue weighted by atomic mass is 32.1. The minimum absolute atomic E-state index is 0.00782. The number of amides is 1. The summed E-state index contributed by atoms with van der Waals surface area (Å²) in [5.41, 5.74) is 4.51. The van der Waals surface area contributed by atoms with Crippen molar-refractivity contribution in [3.8, 4) is 5.75 Å². The summed E-state index contributed by atoms with van der Waals surface area (Å²) in [5.74, 6) is 0.834. The van der Waals surface area contributed by atoms with Gasteiger partial charge in [0.2, 0.25) is 0 Å². The third kappa shape index (κ3) is 4.16. The van der Waals surface area contributed by atoms with Gasteiger partial charge < -0.3 is 4.74 Å². The Kier molecular flexibility index (Phi) is 5.40. The molecule has 0 N–H and O–H groups in total. The second kappa shape index (κ2) is 8.20. The van der Waals surface area contributed by atoms with E-state index in [9.17, 15) is 9.59 Å². The van der Waals surface area contributed by atoms with Gasteiger partial charge in [0, 0.05) is 18.5 Å². The molecule has 160 valence electrons. The molecule has 0 spiro atoms. The first-order chi connectivity index (χ1) is 15.0. The number of benzene rings is 1. The first-order valence-corrected chi connectivity index (χ1v) is 12.3. The van der Waals surface area contributed by atoms with Crippen LogP contribution in [0.25, 0.3) is 0 Å². The van der Waals surface area contributed by atoms with E-state index >= 15 is 0 Å². The van der Waals surface area contributed by atoms with Crippen LogP contribution in [0, 0.1) is 6.92 Å². The van der Waals surface area contributed by atoms with Crippen LogP contribution >= 0.6 is 22.7 Å². The van der Waals surface area contributed by atoms with Gasteiger partial charge in [0.1, 0.15) is 12.4 Å². The van der Waals surface area contributed by atoms with Gasteiger partial charge in [0.25, 0.3) is 5.91 Å². The first kappa shape index (κ1) is 20.4. The van der Waals surface area contributed by atoms with Crippen molar-refractivity contribution >= 4 is 39.5 Å².